The molecule has 1 saturated heterocycles. The van der Waals surface area contributed by atoms with E-state index in [9.17, 15) is 32.7 Å². The number of thiazole rings is 1. The van der Waals surface area contributed by atoms with Crippen LogP contribution >= 0.6 is 11.3 Å². The molecule has 1 aromatic carbocycles. The molecule has 1 aliphatic rings. The number of carboxylic acids is 1. The molecule has 1 aliphatic heterocycles. The first-order chi connectivity index (χ1) is 21.0. The Hall–Kier alpha value is -4.30. The van der Waals surface area contributed by atoms with Crippen molar-refractivity contribution in [2.45, 2.75) is 45.3 Å². The number of urea groups is 1. The Morgan fingerprint density at radius 1 is 1.18 bits per heavy atom. The summed E-state index contributed by atoms with van der Waals surface area (Å²) < 4.78 is 47.5. The lowest BCUT2D eigenvalue weighted by Crippen LogP contribution is -2.29. The second kappa shape index (κ2) is 13.1. The van der Waals surface area contributed by atoms with Gasteiger partial charge in [-0.25, -0.2) is 19.6 Å². The van der Waals surface area contributed by atoms with E-state index >= 15 is 0 Å². The minimum absolute atomic E-state index is 0.0278. The van der Waals surface area contributed by atoms with Gasteiger partial charge in [-0.2, -0.15) is 13.2 Å². The van der Waals surface area contributed by atoms with E-state index in [1.54, 1.807) is 16.7 Å². The largest absolute Gasteiger partial charge is 0.477 e. The molecule has 4 aromatic rings. The molecule has 3 aromatic heterocycles. The lowest BCUT2D eigenvalue weighted by molar-refractivity contribution is -0.140. The molecule has 5 rings (SSSR count). The van der Waals surface area contributed by atoms with E-state index in [2.05, 4.69) is 20.6 Å². The molecule has 4 heterocycles. The van der Waals surface area contributed by atoms with E-state index in [0.29, 0.717) is 55.3 Å². The van der Waals surface area contributed by atoms with Crippen molar-refractivity contribution in [1.82, 2.24) is 19.9 Å². The second-order valence-electron chi connectivity index (χ2n) is 10.5. The minimum Gasteiger partial charge on any atom is -0.477 e. The Bertz CT molecular complexity index is 1750. The molecule has 0 aliphatic carbocycles. The molecule has 0 atom stereocenters. The molecule has 2 amide bonds. The fourth-order valence-corrected chi connectivity index (χ4v) is 5.97. The number of ether oxygens (including phenoxy) is 1. The van der Waals surface area contributed by atoms with Crippen molar-refractivity contribution < 1.29 is 32.6 Å². The third-order valence-corrected chi connectivity index (χ3v) is 8.32. The van der Waals surface area contributed by atoms with E-state index < -0.39 is 29.3 Å². The number of nitrogens with zero attached hydrogens (tertiary/aromatic N) is 3. The fourth-order valence-electron chi connectivity index (χ4n) is 5.12. The number of pyridine rings is 2. The molecule has 0 radical (unpaired) electrons. The lowest BCUT2D eigenvalue weighted by atomic mass is 9.96. The van der Waals surface area contributed by atoms with Gasteiger partial charge >= 0.3 is 18.2 Å². The van der Waals surface area contributed by atoms with E-state index in [1.165, 1.54) is 24.5 Å². The summed E-state index contributed by atoms with van der Waals surface area (Å²) in [5.74, 6) is -0.857. The van der Waals surface area contributed by atoms with Crippen LogP contribution < -0.4 is 16.1 Å². The Labute approximate surface area is 253 Å². The molecular weight excluding hydrogens is 599 g/mol. The number of hydrogen-bond acceptors (Lipinski definition) is 7. The van der Waals surface area contributed by atoms with E-state index in [1.807, 2.05) is 6.92 Å². The number of alkyl halides is 3. The van der Waals surface area contributed by atoms with Gasteiger partial charge in [-0.15, -0.1) is 11.3 Å². The number of benzene rings is 1. The second-order valence-corrected chi connectivity index (χ2v) is 11.3. The third kappa shape index (κ3) is 6.91. The molecule has 0 unspecified atom stereocenters. The number of carbonyl (C=O) groups excluding carboxylic acids is 1. The van der Waals surface area contributed by atoms with Gasteiger partial charge in [-0.1, -0.05) is 13.0 Å². The van der Waals surface area contributed by atoms with E-state index in [-0.39, 0.29) is 27.3 Å². The van der Waals surface area contributed by atoms with Gasteiger partial charge in [0.1, 0.15) is 16.4 Å². The normalized spacial score (nSPS) is 14.1. The number of carboxylic acid groups (broad SMARTS) is 1. The molecule has 10 nitrogen and oxygen atoms in total. The summed E-state index contributed by atoms with van der Waals surface area (Å²) in [6.45, 7) is 4.15. The number of amides is 2. The Morgan fingerprint density at radius 3 is 2.64 bits per heavy atom. The van der Waals surface area contributed by atoms with Crippen LogP contribution in [0.2, 0.25) is 0 Å². The molecule has 14 heteroatoms. The highest BCUT2D eigenvalue weighted by Crippen LogP contribution is 2.39. The summed E-state index contributed by atoms with van der Waals surface area (Å²) in [6.07, 6.45) is 1.37. The van der Waals surface area contributed by atoms with Crippen LogP contribution in [0, 0.1) is 5.92 Å². The molecular formula is C30H30F3N5O5S. The average Bonchev–Trinajstić information content (AvgIpc) is 3.51. The Balaban J connectivity index is 1.59. The number of fused-ring (bicyclic) bond motifs is 1. The number of hydrogen-bond donors (Lipinski definition) is 3. The van der Waals surface area contributed by atoms with Crippen LogP contribution in [0.5, 0.6) is 0 Å². The summed E-state index contributed by atoms with van der Waals surface area (Å²) in [5, 5.41) is 16.1. The van der Waals surface area contributed by atoms with Gasteiger partial charge in [0, 0.05) is 60.6 Å². The number of halogens is 3. The average molecular weight is 630 g/mol. The van der Waals surface area contributed by atoms with Gasteiger partial charge in [0.05, 0.1) is 5.52 Å². The first-order valence-electron chi connectivity index (χ1n) is 14.1. The quantitative estimate of drug-likeness (QED) is 0.199. The number of nitrogens with one attached hydrogen (secondary N) is 2. The van der Waals surface area contributed by atoms with E-state index in [4.69, 9.17) is 4.74 Å². The van der Waals surface area contributed by atoms with Crippen molar-refractivity contribution in [3.05, 3.63) is 63.5 Å². The van der Waals surface area contributed by atoms with Gasteiger partial charge in [-0.05, 0) is 55.4 Å². The number of aromatic carboxylic acids is 1. The van der Waals surface area contributed by atoms with Gasteiger partial charge in [0.2, 0.25) is 5.43 Å². The number of anilines is 1. The fraction of sp³-hybridized carbons (Fsp3) is 0.367. The first-order valence-corrected chi connectivity index (χ1v) is 15.0. The molecule has 0 spiro atoms. The predicted molar refractivity (Wildman–Crippen MR) is 160 cm³/mol. The van der Waals surface area contributed by atoms with Crippen LogP contribution in [0.4, 0.5) is 23.8 Å². The first kappa shape index (κ1) is 31.1. The summed E-state index contributed by atoms with van der Waals surface area (Å²) in [4.78, 5) is 45.7. The van der Waals surface area contributed by atoms with Crippen molar-refractivity contribution in [3.63, 3.8) is 0 Å². The monoisotopic (exact) mass is 629 g/mol. The van der Waals surface area contributed by atoms with Crippen molar-refractivity contribution in [2.24, 2.45) is 5.92 Å². The highest BCUT2D eigenvalue weighted by Gasteiger charge is 2.34. The van der Waals surface area contributed by atoms with Crippen molar-refractivity contribution >= 4 is 40.1 Å². The zero-order chi connectivity index (χ0) is 31.4. The summed E-state index contributed by atoms with van der Waals surface area (Å²) in [6, 6.07) is 5.81. The van der Waals surface area contributed by atoms with Gasteiger partial charge in [-0.3, -0.25) is 10.1 Å². The predicted octanol–water partition coefficient (Wildman–Crippen LogP) is 6.25. The van der Waals surface area contributed by atoms with Crippen LogP contribution in [-0.2, 0) is 17.5 Å². The summed E-state index contributed by atoms with van der Waals surface area (Å²) in [5.41, 5.74) is -0.570. The van der Waals surface area contributed by atoms with Gasteiger partial charge < -0.3 is 19.7 Å². The molecule has 44 heavy (non-hydrogen) atoms. The van der Waals surface area contributed by atoms with Crippen molar-refractivity contribution in [1.29, 1.82) is 0 Å². The topological polar surface area (TPSA) is 135 Å². The highest BCUT2D eigenvalue weighted by molar-refractivity contribution is 7.13. The summed E-state index contributed by atoms with van der Waals surface area (Å²) in [7, 11) is 0. The zero-order valence-electron chi connectivity index (χ0n) is 23.7. The Morgan fingerprint density at radius 2 is 1.95 bits per heavy atom. The van der Waals surface area contributed by atoms with Crippen LogP contribution in [0.15, 0.2) is 46.8 Å². The Kier molecular flexibility index (Phi) is 9.30. The SMILES string of the molecule is CCCNC(=O)Nc1cc(-c2nc(C(F)(F)F)cs2)c(-c2ccc3c(c2)c(=O)c(C(=O)O)cn3CCC2CCOCC2)cn1. The number of rotatable bonds is 9. The number of aryl methyl sites for hydroxylation is 1. The molecule has 0 saturated carbocycles. The molecule has 232 valence electrons. The molecule has 1 fully saturated rings. The molecule has 3 N–H and O–H groups in total. The minimum atomic E-state index is -4.66. The van der Waals surface area contributed by atoms with Crippen LogP contribution in [0.25, 0.3) is 32.6 Å². The standard InChI is InChI=1S/C30H30F3N5O5S/c1-2-8-34-29(42)37-25-13-19(27-36-24(16-44-27)30(31,32)33)21(14-35-25)18-3-4-23-20(12-18)26(39)22(28(40)41)15-38(23)9-5-17-6-10-43-11-7-17/h3-4,12-17H,2,5-11H2,1H3,(H,40,41)(H2,34,35,37,42). The maximum absolute atomic E-state index is 13.4. The van der Waals surface area contributed by atoms with Gasteiger partial charge in [0.15, 0.2) is 5.69 Å². The van der Waals surface area contributed by atoms with Crippen LogP contribution in [0.3, 0.4) is 0 Å². The number of carbonyl (C=O) groups is 2. The van der Waals surface area contributed by atoms with Crippen LogP contribution in [0.1, 0.15) is 48.7 Å². The highest BCUT2D eigenvalue weighted by atomic mass is 32.1. The van der Waals surface area contributed by atoms with Crippen molar-refractivity contribution in [2.75, 3.05) is 25.1 Å². The lowest BCUT2D eigenvalue weighted by Gasteiger charge is -2.23. The zero-order valence-corrected chi connectivity index (χ0v) is 24.6. The third-order valence-electron chi connectivity index (χ3n) is 7.45. The van der Waals surface area contributed by atoms with Crippen LogP contribution in [-0.4, -0.2) is 51.4 Å². The molecule has 0 bridgehead atoms. The van der Waals surface area contributed by atoms with Crippen molar-refractivity contribution in [3.8, 4) is 21.7 Å². The van der Waals surface area contributed by atoms with E-state index in [0.717, 1.165) is 36.0 Å². The maximum Gasteiger partial charge on any atom is 0.434 e. The summed E-state index contributed by atoms with van der Waals surface area (Å²) >= 11 is 0.776. The smallest absolute Gasteiger partial charge is 0.434 e. The number of aromatic nitrogens is 3. The maximum atomic E-state index is 13.4. The van der Waals surface area contributed by atoms with Gasteiger partial charge in [0.25, 0.3) is 0 Å².